The summed E-state index contributed by atoms with van der Waals surface area (Å²) in [6, 6.07) is 15.5. The Labute approximate surface area is 154 Å². The van der Waals surface area contributed by atoms with Crippen molar-refractivity contribution in [3.05, 3.63) is 81.9 Å². The van der Waals surface area contributed by atoms with Gasteiger partial charge in [-0.3, -0.25) is 9.59 Å². The van der Waals surface area contributed by atoms with Crippen molar-refractivity contribution in [2.75, 3.05) is 5.32 Å². The summed E-state index contributed by atoms with van der Waals surface area (Å²) in [6.45, 7) is -0.340. The average molecular weight is 366 g/mol. The molecule has 1 heterocycles. The number of benzene rings is 2. The molecule has 5 N–H and O–H groups in total. The molecule has 0 saturated heterocycles. The van der Waals surface area contributed by atoms with Crippen molar-refractivity contribution in [3.8, 4) is 16.9 Å². The molecule has 0 unspecified atom stereocenters. The summed E-state index contributed by atoms with van der Waals surface area (Å²) in [4.78, 5) is 22.7. The molecule has 27 heavy (non-hydrogen) atoms. The lowest BCUT2D eigenvalue weighted by Gasteiger charge is -2.09. The van der Waals surface area contributed by atoms with Crippen LogP contribution in [-0.4, -0.2) is 16.1 Å². The molecule has 7 heteroatoms. The molecule has 0 spiro atoms. The van der Waals surface area contributed by atoms with Gasteiger partial charge in [-0.1, -0.05) is 24.3 Å². The van der Waals surface area contributed by atoms with E-state index in [-0.39, 0.29) is 18.1 Å². The van der Waals surface area contributed by atoms with Gasteiger partial charge in [0.25, 0.3) is 0 Å². The maximum Gasteiger partial charge on any atom is 0.248 e. The molecule has 0 saturated carbocycles. The van der Waals surface area contributed by atoms with Gasteiger partial charge in [-0.05, 0) is 35.4 Å². The van der Waals surface area contributed by atoms with Crippen LogP contribution in [0.4, 0.5) is 5.69 Å². The van der Waals surface area contributed by atoms with Crippen LogP contribution in [0.3, 0.4) is 0 Å². The van der Waals surface area contributed by atoms with Gasteiger partial charge in [-0.2, -0.15) is 0 Å². The molecule has 7 nitrogen and oxygen atoms in total. The Bertz CT molecular complexity index is 1010. The third-order valence-electron chi connectivity index (χ3n) is 4.04. The molecule has 1 amide bonds. The average Bonchev–Trinajstić information content (AvgIpc) is 2.69. The van der Waals surface area contributed by atoms with Crippen molar-refractivity contribution in [1.29, 1.82) is 0 Å². The predicted octanol–water partition coefficient (Wildman–Crippen LogP) is 2.22. The van der Waals surface area contributed by atoms with Gasteiger partial charge in [-0.25, -0.2) is 0 Å². The van der Waals surface area contributed by atoms with E-state index in [4.69, 9.17) is 15.3 Å². The Morgan fingerprint density at radius 2 is 1.63 bits per heavy atom. The van der Waals surface area contributed by atoms with Gasteiger partial charge in [0, 0.05) is 17.3 Å². The van der Waals surface area contributed by atoms with Crippen LogP contribution in [0.5, 0.6) is 5.75 Å². The summed E-state index contributed by atoms with van der Waals surface area (Å²) in [6.07, 6.45) is 0. The highest BCUT2D eigenvalue weighted by atomic mass is 16.4. The summed E-state index contributed by atoms with van der Waals surface area (Å²) in [7, 11) is 0. The zero-order chi connectivity index (χ0) is 19.4. The molecule has 0 atom stereocenters. The number of hydrogen-bond acceptors (Lipinski definition) is 6. The molecule has 1 aromatic heterocycles. The van der Waals surface area contributed by atoms with Crippen LogP contribution in [0.25, 0.3) is 11.1 Å². The molecule has 2 aromatic carbocycles. The molecule has 0 aliphatic rings. The van der Waals surface area contributed by atoms with E-state index in [0.29, 0.717) is 5.56 Å². The number of amides is 1. The van der Waals surface area contributed by atoms with E-state index in [1.807, 2.05) is 36.4 Å². The van der Waals surface area contributed by atoms with E-state index in [1.54, 1.807) is 12.1 Å². The monoisotopic (exact) mass is 366 g/mol. The van der Waals surface area contributed by atoms with E-state index in [0.717, 1.165) is 22.9 Å². The summed E-state index contributed by atoms with van der Waals surface area (Å²) >= 11 is 0. The molecule has 3 aromatic rings. The first-order chi connectivity index (χ1) is 13.0. The second-order valence-electron chi connectivity index (χ2n) is 5.88. The van der Waals surface area contributed by atoms with Crippen molar-refractivity contribution in [2.45, 2.75) is 13.2 Å². The van der Waals surface area contributed by atoms with Gasteiger partial charge in [-0.15, -0.1) is 0 Å². The number of hydrogen-bond donors (Lipinski definition) is 4. The smallest absolute Gasteiger partial charge is 0.248 e. The molecule has 0 fully saturated rings. The first-order valence-corrected chi connectivity index (χ1v) is 8.18. The lowest BCUT2D eigenvalue weighted by atomic mass is 10.0. The van der Waals surface area contributed by atoms with Crippen LogP contribution in [0.1, 0.15) is 21.9 Å². The summed E-state index contributed by atoms with van der Waals surface area (Å²) in [5, 5.41) is 21.9. The number of aromatic hydroxyl groups is 1. The van der Waals surface area contributed by atoms with Crippen molar-refractivity contribution in [1.82, 2.24) is 0 Å². The van der Waals surface area contributed by atoms with Gasteiger partial charge >= 0.3 is 0 Å². The van der Waals surface area contributed by atoms with E-state index >= 15 is 0 Å². The number of anilines is 1. The summed E-state index contributed by atoms with van der Waals surface area (Å²) in [5.41, 5.74) is 7.72. The quantitative estimate of drug-likeness (QED) is 0.530. The normalized spacial score (nSPS) is 10.6. The number of primary amides is 1. The summed E-state index contributed by atoms with van der Waals surface area (Å²) < 4.78 is 5.28. The number of nitrogens with one attached hydrogen (secondary N) is 1. The van der Waals surface area contributed by atoms with Crippen molar-refractivity contribution in [2.24, 2.45) is 5.73 Å². The first kappa shape index (κ1) is 18.2. The van der Waals surface area contributed by atoms with Crippen LogP contribution in [0.15, 0.2) is 63.8 Å². The lowest BCUT2D eigenvalue weighted by molar-refractivity contribution is 0.100. The second kappa shape index (κ2) is 7.76. The highest BCUT2D eigenvalue weighted by Gasteiger charge is 2.11. The van der Waals surface area contributed by atoms with Gasteiger partial charge in [0.2, 0.25) is 17.1 Å². The van der Waals surface area contributed by atoms with Crippen molar-refractivity contribution < 1.29 is 19.4 Å². The van der Waals surface area contributed by atoms with Crippen molar-refractivity contribution >= 4 is 11.6 Å². The first-order valence-electron chi connectivity index (χ1n) is 8.18. The minimum Gasteiger partial charge on any atom is -0.502 e. The molecule has 0 radical (unpaired) electrons. The van der Waals surface area contributed by atoms with Crippen LogP contribution in [0, 0.1) is 0 Å². The lowest BCUT2D eigenvalue weighted by Crippen LogP contribution is -2.10. The largest absolute Gasteiger partial charge is 0.502 e. The topological polar surface area (TPSA) is 126 Å². The Balaban J connectivity index is 1.72. The van der Waals surface area contributed by atoms with Gasteiger partial charge in [0.1, 0.15) is 12.4 Å². The minimum atomic E-state index is -0.600. The number of nitrogens with two attached hydrogens (primary N) is 1. The second-order valence-corrected chi connectivity index (χ2v) is 5.88. The SMILES string of the molecule is NC(=O)c1ccc(-c2ccc(NCc3oc(CO)cc(=O)c3O)cc2)cc1. The molecule has 3 rings (SSSR count). The van der Waals surface area contributed by atoms with Crippen LogP contribution >= 0.6 is 0 Å². The third kappa shape index (κ3) is 4.16. The number of rotatable bonds is 6. The highest BCUT2D eigenvalue weighted by Crippen LogP contribution is 2.23. The molecular weight excluding hydrogens is 348 g/mol. The zero-order valence-electron chi connectivity index (χ0n) is 14.3. The van der Waals surface area contributed by atoms with Gasteiger partial charge in [0.05, 0.1) is 6.54 Å². The molecular formula is C20H18N2O5. The van der Waals surface area contributed by atoms with Crippen molar-refractivity contribution in [3.63, 3.8) is 0 Å². The maximum absolute atomic E-state index is 11.6. The molecule has 0 aliphatic heterocycles. The standard InChI is InChI=1S/C20H18N2O5/c21-20(26)14-3-1-12(2-4-14)13-5-7-15(8-6-13)22-10-18-19(25)17(24)9-16(11-23)27-18/h1-9,22-23,25H,10-11H2,(H2,21,26). The zero-order valence-corrected chi connectivity index (χ0v) is 14.3. The van der Waals surface area contributed by atoms with Crippen LogP contribution in [-0.2, 0) is 13.2 Å². The summed E-state index contributed by atoms with van der Waals surface area (Å²) in [5.74, 6) is -0.811. The van der Waals surface area contributed by atoms with Crippen LogP contribution < -0.4 is 16.5 Å². The van der Waals surface area contributed by atoms with E-state index in [2.05, 4.69) is 5.32 Å². The Kier molecular flexibility index (Phi) is 5.23. The molecule has 0 aliphatic carbocycles. The number of carbonyl (C=O) groups excluding carboxylic acids is 1. The fraction of sp³-hybridized carbons (Fsp3) is 0.100. The third-order valence-corrected chi connectivity index (χ3v) is 4.04. The molecule has 0 bridgehead atoms. The predicted molar refractivity (Wildman–Crippen MR) is 100 cm³/mol. The maximum atomic E-state index is 11.6. The number of aliphatic hydroxyl groups excluding tert-OH is 1. The fourth-order valence-corrected chi connectivity index (χ4v) is 2.58. The fourth-order valence-electron chi connectivity index (χ4n) is 2.58. The highest BCUT2D eigenvalue weighted by molar-refractivity contribution is 5.93. The Hall–Kier alpha value is -3.58. The number of carbonyl (C=O) groups is 1. The van der Waals surface area contributed by atoms with Crippen LogP contribution in [0.2, 0.25) is 0 Å². The Morgan fingerprint density at radius 1 is 1.04 bits per heavy atom. The molecule has 138 valence electrons. The minimum absolute atomic E-state index is 0.0534. The Morgan fingerprint density at radius 3 is 2.19 bits per heavy atom. The number of aliphatic hydroxyl groups is 1. The van der Waals surface area contributed by atoms with E-state index in [9.17, 15) is 14.7 Å². The van der Waals surface area contributed by atoms with Gasteiger partial charge in [0.15, 0.2) is 5.76 Å². The van der Waals surface area contributed by atoms with E-state index < -0.39 is 23.7 Å². The van der Waals surface area contributed by atoms with Gasteiger partial charge < -0.3 is 25.7 Å². The van der Waals surface area contributed by atoms with E-state index in [1.165, 1.54) is 0 Å².